The van der Waals surface area contributed by atoms with Crippen LogP contribution in [0.25, 0.3) is 0 Å². The summed E-state index contributed by atoms with van der Waals surface area (Å²) in [6.07, 6.45) is 0. The normalized spacial score (nSPS) is 11.1. The molecule has 0 bridgehead atoms. The summed E-state index contributed by atoms with van der Waals surface area (Å²) < 4.78 is 0. The van der Waals surface area contributed by atoms with Crippen LogP contribution in [-0.2, 0) is 19.6 Å². The van der Waals surface area contributed by atoms with Gasteiger partial charge in [-0.15, -0.1) is 11.3 Å². The van der Waals surface area contributed by atoms with Crippen LogP contribution in [0.4, 0.5) is 0 Å². The molecule has 0 aliphatic carbocycles. The van der Waals surface area contributed by atoms with E-state index in [2.05, 4.69) is 66.0 Å². The highest BCUT2D eigenvalue weighted by molar-refractivity contribution is 7.09. The van der Waals surface area contributed by atoms with E-state index >= 15 is 0 Å². The molecule has 2 rings (SSSR count). The average Bonchev–Trinajstić information content (AvgIpc) is 2.90. The Balaban J connectivity index is 1.97. The summed E-state index contributed by atoms with van der Waals surface area (Å²) in [6, 6.07) is 13.0. The quantitative estimate of drug-likeness (QED) is 0.831. The van der Waals surface area contributed by atoms with Crippen LogP contribution in [0.3, 0.4) is 0 Å². The van der Waals surface area contributed by atoms with Crippen molar-refractivity contribution in [1.29, 1.82) is 0 Å². The van der Waals surface area contributed by atoms with Gasteiger partial charge in [0.05, 0.1) is 0 Å². The molecule has 1 aromatic carbocycles. The molecule has 0 amide bonds. The van der Waals surface area contributed by atoms with Gasteiger partial charge in [-0.2, -0.15) is 0 Å². The fourth-order valence-corrected chi connectivity index (χ4v) is 2.94. The highest BCUT2D eigenvalue weighted by Crippen LogP contribution is 2.15. The second-order valence-electron chi connectivity index (χ2n) is 4.80. The molecule has 1 heterocycles. The molecule has 0 radical (unpaired) electrons. The van der Waals surface area contributed by atoms with E-state index in [1.165, 1.54) is 16.0 Å². The molecule has 3 heteroatoms. The molecule has 1 N–H and O–H groups in total. The first-order valence-corrected chi connectivity index (χ1v) is 7.66. The fourth-order valence-electron chi connectivity index (χ4n) is 2.16. The topological polar surface area (TPSA) is 15.3 Å². The number of hydrogen-bond acceptors (Lipinski definition) is 3. The van der Waals surface area contributed by atoms with Gasteiger partial charge in [-0.1, -0.05) is 37.3 Å². The standard InChI is InChI=1S/C16H22N2S/c1-3-17-11-14-7-4-5-8-15(14)12-18(2)13-16-9-6-10-19-16/h4-10,17H,3,11-13H2,1-2H3. The average molecular weight is 274 g/mol. The monoisotopic (exact) mass is 274 g/mol. The first kappa shape index (κ1) is 14.3. The zero-order valence-electron chi connectivity index (χ0n) is 11.7. The molecule has 0 aliphatic rings. The van der Waals surface area contributed by atoms with E-state index < -0.39 is 0 Å². The Morgan fingerprint density at radius 2 is 1.84 bits per heavy atom. The minimum atomic E-state index is 0.958. The largest absolute Gasteiger partial charge is 0.313 e. The maximum Gasteiger partial charge on any atom is 0.0328 e. The molecule has 2 aromatic rings. The molecule has 1 aromatic heterocycles. The van der Waals surface area contributed by atoms with Gasteiger partial charge in [0.15, 0.2) is 0 Å². The second-order valence-corrected chi connectivity index (χ2v) is 5.83. The van der Waals surface area contributed by atoms with Crippen LogP contribution in [0, 0.1) is 0 Å². The summed E-state index contributed by atoms with van der Waals surface area (Å²) in [4.78, 5) is 3.79. The first-order valence-electron chi connectivity index (χ1n) is 6.78. The number of rotatable bonds is 7. The van der Waals surface area contributed by atoms with Crippen molar-refractivity contribution >= 4 is 11.3 Å². The van der Waals surface area contributed by atoms with E-state index in [0.29, 0.717) is 0 Å². The zero-order chi connectivity index (χ0) is 13.5. The van der Waals surface area contributed by atoms with Gasteiger partial charge in [0.1, 0.15) is 0 Å². The van der Waals surface area contributed by atoms with Crippen LogP contribution in [0.15, 0.2) is 41.8 Å². The van der Waals surface area contributed by atoms with Crippen molar-refractivity contribution in [2.24, 2.45) is 0 Å². The third kappa shape index (κ3) is 4.46. The van der Waals surface area contributed by atoms with Gasteiger partial charge in [-0.05, 0) is 36.2 Å². The Morgan fingerprint density at radius 3 is 2.53 bits per heavy atom. The molecule has 0 fully saturated rings. The van der Waals surface area contributed by atoms with Crippen molar-refractivity contribution < 1.29 is 0 Å². The summed E-state index contributed by atoms with van der Waals surface area (Å²) in [7, 11) is 2.18. The Morgan fingerprint density at radius 1 is 1.05 bits per heavy atom. The van der Waals surface area contributed by atoms with Crippen LogP contribution in [0.2, 0.25) is 0 Å². The lowest BCUT2D eigenvalue weighted by atomic mass is 10.1. The van der Waals surface area contributed by atoms with Gasteiger partial charge < -0.3 is 5.32 Å². The molecule has 0 saturated carbocycles. The van der Waals surface area contributed by atoms with Gasteiger partial charge in [0.25, 0.3) is 0 Å². The van der Waals surface area contributed by atoms with Crippen LogP contribution in [-0.4, -0.2) is 18.5 Å². The predicted molar refractivity (Wildman–Crippen MR) is 83.3 cm³/mol. The molecule has 0 atom stereocenters. The number of benzene rings is 1. The Bertz CT molecular complexity index is 479. The van der Waals surface area contributed by atoms with Gasteiger partial charge in [-0.25, -0.2) is 0 Å². The first-order chi connectivity index (χ1) is 9.29. The molecule has 2 nitrogen and oxygen atoms in total. The van der Waals surface area contributed by atoms with Gasteiger partial charge in [0.2, 0.25) is 0 Å². The lowest BCUT2D eigenvalue weighted by Gasteiger charge is -2.18. The van der Waals surface area contributed by atoms with E-state index in [1.807, 2.05) is 11.3 Å². The number of nitrogens with zero attached hydrogens (tertiary/aromatic N) is 1. The van der Waals surface area contributed by atoms with Crippen molar-refractivity contribution in [2.75, 3.05) is 13.6 Å². The number of hydrogen-bond donors (Lipinski definition) is 1. The maximum absolute atomic E-state index is 3.41. The molecule has 0 unspecified atom stereocenters. The van der Waals surface area contributed by atoms with Gasteiger partial charge in [0, 0.05) is 24.5 Å². The summed E-state index contributed by atoms with van der Waals surface area (Å²) in [5.74, 6) is 0. The summed E-state index contributed by atoms with van der Waals surface area (Å²) in [6.45, 7) is 6.14. The van der Waals surface area contributed by atoms with E-state index in [9.17, 15) is 0 Å². The van der Waals surface area contributed by atoms with Crippen LogP contribution in [0.5, 0.6) is 0 Å². The minimum absolute atomic E-state index is 0.958. The minimum Gasteiger partial charge on any atom is -0.313 e. The smallest absolute Gasteiger partial charge is 0.0328 e. The van der Waals surface area contributed by atoms with E-state index in [0.717, 1.165) is 26.2 Å². The molecule has 19 heavy (non-hydrogen) atoms. The molecule has 0 saturated heterocycles. The van der Waals surface area contributed by atoms with E-state index in [-0.39, 0.29) is 0 Å². The Labute approximate surface area is 120 Å². The molecular weight excluding hydrogens is 252 g/mol. The third-order valence-corrected chi connectivity index (χ3v) is 3.99. The van der Waals surface area contributed by atoms with Crippen LogP contribution in [0.1, 0.15) is 22.9 Å². The molecule has 102 valence electrons. The summed E-state index contributed by atoms with van der Waals surface area (Å²) in [5.41, 5.74) is 2.82. The van der Waals surface area contributed by atoms with E-state index in [1.54, 1.807) is 0 Å². The Kier molecular flexibility index (Phi) is 5.58. The van der Waals surface area contributed by atoms with Crippen molar-refractivity contribution in [3.05, 3.63) is 57.8 Å². The van der Waals surface area contributed by atoms with Crippen LogP contribution < -0.4 is 5.32 Å². The number of nitrogens with one attached hydrogen (secondary N) is 1. The second kappa shape index (κ2) is 7.43. The fraction of sp³-hybridized carbons (Fsp3) is 0.375. The molecular formula is C16H22N2S. The Hall–Kier alpha value is -1.16. The van der Waals surface area contributed by atoms with Gasteiger partial charge in [-0.3, -0.25) is 4.90 Å². The number of thiophene rings is 1. The molecule has 0 aliphatic heterocycles. The summed E-state index contributed by atoms with van der Waals surface area (Å²) >= 11 is 1.83. The lowest BCUT2D eigenvalue weighted by molar-refractivity contribution is 0.320. The summed E-state index contributed by atoms with van der Waals surface area (Å²) in [5, 5.41) is 5.55. The van der Waals surface area contributed by atoms with Crippen molar-refractivity contribution in [3.63, 3.8) is 0 Å². The predicted octanol–water partition coefficient (Wildman–Crippen LogP) is 3.49. The van der Waals surface area contributed by atoms with Gasteiger partial charge >= 0.3 is 0 Å². The highest BCUT2D eigenvalue weighted by Gasteiger charge is 2.06. The van der Waals surface area contributed by atoms with Crippen LogP contribution >= 0.6 is 11.3 Å². The van der Waals surface area contributed by atoms with Crippen molar-refractivity contribution in [1.82, 2.24) is 10.2 Å². The third-order valence-electron chi connectivity index (χ3n) is 3.13. The maximum atomic E-state index is 3.41. The lowest BCUT2D eigenvalue weighted by Crippen LogP contribution is -2.19. The highest BCUT2D eigenvalue weighted by atomic mass is 32.1. The van der Waals surface area contributed by atoms with Crippen molar-refractivity contribution in [3.8, 4) is 0 Å². The molecule has 0 spiro atoms. The van der Waals surface area contributed by atoms with Crippen molar-refractivity contribution in [2.45, 2.75) is 26.6 Å². The van der Waals surface area contributed by atoms with E-state index in [4.69, 9.17) is 0 Å². The zero-order valence-corrected chi connectivity index (χ0v) is 12.5. The SMILES string of the molecule is CCNCc1ccccc1CN(C)Cc1cccs1.